The maximum absolute atomic E-state index is 12.5. The summed E-state index contributed by atoms with van der Waals surface area (Å²) in [5.74, 6) is 0. The highest BCUT2D eigenvalue weighted by Gasteiger charge is 2.23. The Morgan fingerprint density at radius 3 is 2.80 bits per heavy atom. The van der Waals surface area contributed by atoms with Gasteiger partial charge in [-0.1, -0.05) is 6.07 Å². The third-order valence-electron chi connectivity index (χ3n) is 2.97. The van der Waals surface area contributed by atoms with Gasteiger partial charge < -0.3 is 0 Å². The van der Waals surface area contributed by atoms with Crippen LogP contribution in [0.1, 0.15) is 16.7 Å². The third-order valence-corrected chi connectivity index (χ3v) is 4.91. The number of aromatic nitrogens is 2. The van der Waals surface area contributed by atoms with Crippen LogP contribution in [0.25, 0.3) is 0 Å². The van der Waals surface area contributed by atoms with Crippen LogP contribution >= 0.6 is 0 Å². The molecule has 1 heterocycles. The number of benzene rings is 1. The zero-order valence-corrected chi connectivity index (χ0v) is 12.0. The molecule has 1 aromatic heterocycles. The molecule has 2 rings (SSSR count). The van der Waals surface area contributed by atoms with Crippen LogP contribution in [0.3, 0.4) is 0 Å². The van der Waals surface area contributed by atoms with E-state index in [1.165, 1.54) is 17.4 Å². The smallest absolute Gasteiger partial charge is 0.243 e. The van der Waals surface area contributed by atoms with Crippen LogP contribution < -0.4 is 0 Å². The molecule has 0 spiro atoms. The number of nitrogens with zero attached hydrogens (tertiary/aromatic N) is 3. The lowest BCUT2D eigenvalue weighted by molar-refractivity contribution is 0.466. The second kappa shape index (κ2) is 5.45. The van der Waals surface area contributed by atoms with Crippen LogP contribution in [0.5, 0.6) is 0 Å². The van der Waals surface area contributed by atoms with Gasteiger partial charge in [-0.3, -0.25) is 5.10 Å². The van der Waals surface area contributed by atoms with Gasteiger partial charge in [-0.2, -0.15) is 14.7 Å². The fourth-order valence-corrected chi connectivity index (χ4v) is 3.23. The van der Waals surface area contributed by atoms with E-state index < -0.39 is 10.0 Å². The van der Waals surface area contributed by atoms with Crippen molar-refractivity contribution in [2.75, 3.05) is 7.05 Å². The van der Waals surface area contributed by atoms with Crippen LogP contribution in [-0.4, -0.2) is 30.0 Å². The molecule has 0 aliphatic carbocycles. The topological polar surface area (TPSA) is 89.8 Å². The fraction of sp³-hybridized carbons (Fsp3) is 0.231. The van der Waals surface area contributed by atoms with E-state index in [0.717, 1.165) is 5.56 Å². The molecule has 1 aromatic carbocycles. The minimum absolute atomic E-state index is 0.155. The summed E-state index contributed by atoms with van der Waals surface area (Å²) in [6.45, 7) is 1.93. The highest BCUT2D eigenvalue weighted by molar-refractivity contribution is 7.89. The number of hydrogen-bond acceptors (Lipinski definition) is 4. The number of sulfonamides is 1. The summed E-state index contributed by atoms with van der Waals surface area (Å²) in [6.07, 6.45) is 3.22. The number of nitrogens with one attached hydrogen (secondary N) is 1. The van der Waals surface area contributed by atoms with Crippen LogP contribution in [0.15, 0.2) is 35.5 Å². The molecule has 104 valence electrons. The summed E-state index contributed by atoms with van der Waals surface area (Å²) in [5.41, 5.74) is 1.71. The van der Waals surface area contributed by atoms with Crippen molar-refractivity contribution in [1.29, 1.82) is 5.26 Å². The van der Waals surface area contributed by atoms with Gasteiger partial charge in [0.05, 0.1) is 22.7 Å². The van der Waals surface area contributed by atoms with Crippen molar-refractivity contribution in [3.8, 4) is 6.07 Å². The summed E-state index contributed by atoms with van der Waals surface area (Å²) in [4.78, 5) is 0.155. The van der Waals surface area contributed by atoms with Gasteiger partial charge in [-0.05, 0) is 24.6 Å². The van der Waals surface area contributed by atoms with Gasteiger partial charge in [0.1, 0.15) is 0 Å². The Balaban J connectivity index is 2.37. The first-order valence-electron chi connectivity index (χ1n) is 5.90. The molecule has 6 nitrogen and oxygen atoms in total. The Morgan fingerprint density at radius 1 is 1.45 bits per heavy atom. The van der Waals surface area contributed by atoms with Crippen molar-refractivity contribution in [3.05, 3.63) is 47.3 Å². The molecule has 0 radical (unpaired) electrons. The number of H-pyrrole nitrogens is 1. The molecule has 1 N–H and O–H groups in total. The minimum Gasteiger partial charge on any atom is -0.285 e. The standard InChI is InChI=1S/C13H14N4O2S/c1-10-3-4-11(6-14)5-13(10)20(18,19)17(2)9-12-7-15-16-8-12/h3-5,7-8H,9H2,1-2H3,(H,15,16). The second-order valence-corrected chi connectivity index (χ2v) is 6.47. The quantitative estimate of drug-likeness (QED) is 0.921. The lowest BCUT2D eigenvalue weighted by Crippen LogP contribution is -2.27. The average molecular weight is 290 g/mol. The van der Waals surface area contributed by atoms with Gasteiger partial charge in [-0.15, -0.1) is 0 Å². The highest BCUT2D eigenvalue weighted by atomic mass is 32.2. The van der Waals surface area contributed by atoms with E-state index >= 15 is 0 Å². The minimum atomic E-state index is -3.64. The van der Waals surface area contributed by atoms with Crippen molar-refractivity contribution in [2.24, 2.45) is 0 Å². The molecule has 0 aliphatic rings. The lowest BCUT2D eigenvalue weighted by atomic mass is 10.2. The van der Waals surface area contributed by atoms with Crippen LogP contribution in [0, 0.1) is 18.3 Å². The fourth-order valence-electron chi connectivity index (χ4n) is 1.82. The molecule has 0 fully saturated rings. The van der Waals surface area contributed by atoms with Crippen LogP contribution in [-0.2, 0) is 16.6 Å². The largest absolute Gasteiger partial charge is 0.285 e. The van der Waals surface area contributed by atoms with Gasteiger partial charge in [0, 0.05) is 25.4 Å². The number of hydrogen-bond donors (Lipinski definition) is 1. The summed E-state index contributed by atoms with van der Waals surface area (Å²) in [5, 5.41) is 15.3. The first kappa shape index (κ1) is 14.2. The summed E-state index contributed by atoms with van der Waals surface area (Å²) in [7, 11) is -2.14. The van der Waals surface area contributed by atoms with Crippen LogP contribution in [0.4, 0.5) is 0 Å². The summed E-state index contributed by atoms with van der Waals surface area (Å²) in [6, 6.07) is 6.59. The van der Waals surface area contributed by atoms with Gasteiger partial charge in [-0.25, -0.2) is 8.42 Å². The Morgan fingerprint density at radius 2 is 2.20 bits per heavy atom. The Bertz CT molecular complexity index is 745. The molecule has 2 aromatic rings. The predicted octanol–water partition coefficient (Wildman–Crippen LogP) is 1.41. The Hall–Kier alpha value is -2.17. The first-order chi connectivity index (χ1) is 9.45. The normalized spacial score (nSPS) is 11.5. The van der Waals surface area contributed by atoms with E-state index in [1.807, 2.05) is 6.07 Å². The zero-order chi connectivity index (χ0) is 14.8. The number of rotatable bonds is 4. The Labute approximate surface area is 117 Å². The van der Waals surface area contributed by atoms with E-state index in [1.54, 1.807) is 31.5 Å². The Kier molecular flexibility index (Phi) is 3.88. The van der Waals surface area contributed by atoms with Crippen LogP contribution in [0.2, 0.25) is 0 Å². The third kappa shape index (κ3) is 2.71. The van der Waals surface area contributed by atoms with E-state index in [4.69, 9.17) is 5.26 Å². The molecule has 0 bridgehead atoms. The van der Waals surface area contributed by atoms with Crippen molar-refractivity contribution in [2.45, 2.75) is 18.4 Å². The van der Waals surface area contributed by atoms with Crippen molar-refractivity contribution in [1.82, 2.24) is 14.5 Å². The first-order valence-corrected chi connectivity index (χ1v) is 7.34. The molecule has 0 unspecified atom stereocenters. The molecular weight excluding hydrogens is 276 g/mol. The van der Waals surface area contributed by atoms with Crippen molar-refractivity contribution < 1.29 is 8.42 Å². The van der Waals surface area contributed by atoms with Crippen molar-refractivity contribution in [3.63, 3.8) is 0 Å². The summed E-state index contributed by atoms with van der Waals surface area (Å²) >= 11 is 0. The van der Waals surface area contributed by atoms with E-state index in [2.05, 4.69) is 10.2 Å². The molecule has 0 saturated heterocycles. The lowest BCUT2D eigenvalue weighted by Gasteiger charge is -2.18. The molecule has 0 amide bonds. The molecular formula is C13H14N4O2S. The SMILES string of the molecule is Cc1ccc(C#N)cc1S(=O)(=O)N(C)Cc1cn[nH]c1. The van der Waals surface area contributed by atoms with E-state index in [9.17, 15) is 8.42 Å². The average Bonchev–Trinajstić information content (AvgIpc) is 2.92. The zero-order valence-electron chi connectivity index (χ0n) is 11.2. The predicted molar refractivity (Wildman–Crippen MR) is 73.1 cm³/mol. The molecule has 7 heteroatoms. The van der Waals surface area contributed by atoms with Gasteiger partial charge >= 0.3 is 0 Å². The molecule has 0 aliphatic heterocycles. The number of aromatic amines is 1. The van der Waals surface area contributed by atoms with E-state index in [0.29, 0.717) is 11.1 Å². The number of aryl methyl sites for hydroxylation is 1. The van der Waals surface area contributed by atoms with Gasteiger partial charge in [0.2, 0.25) is 10.0 Å². The highest BCUT2D eigenvalue weighted by Crippen LogP contribution is 2.21. The van der Waals surface area contributed by atoms with Gasteiger partial charge in [0.25, 0.3) is 0 Å². The molecule has 0 atom stereocenters. The monoisotopic (exact) mass is 290 g/mol. The van der Waals surface area contributed by atoms with Gasteiger partial charge in [0.15, 0.2) is 0 Å². The summed E-state index contributed by atoms with van der Waals surface area (Å²) < 4.78 is 26.3. The number of nitriles is 1. The maximum Gasteiger partial charge on any atom is 0.243 e. The molecule has 20 heavy (non-hydrogen) atoms. The van der Waals surface area contributed by atoms with E-state index in [-0.39, 0.29) is 11.4 Å². The maximum atomic E-state index is 12.5. The molecule has 0 saturated carbocycles. The van der Waals surface area contributed by atoms with Crippen molar-refractivity contribution >= 4 is 10.0 Å². The second-order valence-electron chi connectivity index (χ2n) is 4.46.